The van der Waals surface area contributed by atoms with E-state index < -0.39 is 12.0 Å². The molecule has 0 N–H and O–H groups in total. The Morgan fingerprint density at radius 1 is 1.12 bits per heavy atom. The molecule has 0 amide bonds. The van der Waals surface area contributed by atoms with Crippen LogP contribution >= 0.6 is 38.9 Å². The third kappa shape index (κ3) is 5.95. The predicted octanol–water partition coefficient (Wildman–Crippen LogP) is 6.15. The van der Waals surface area contributed by atoms with Gasteiger partial charge >= 0.3 is 5.97 Å². The predicted molar refractivity (Wildman–Crippen MR) is 169 cm³/mol. The van der Waals surface area contributed by atoms with Gasteiger partial charge in [0.1, 0.15) is 17.5 Å². The highest BCUT2D eigenvalue weighted by atomic mass is 79.9. The summed E-state index contributed by atoms with van der Waals surface area (Å²) in [6.45, 7) is 5.76. The van der Waals surface area contributed by atoms with Crippen LogP contribution in [0.3, 0.4) is 0 Å². The second-order valence-electron chi connectivity index (χ2n) is 9.67. The summed E-state index contributed by atoms with van der Waals surface area (Å²) in [6, 6.07) is 19.3. The fourth-order valence-electron chi connectivity index (χ4n) is 4.79. The van der Waals surface area contributed by atoms with Crippen LogP contribution in [0.4, 0.5) is 0 Å². The van der Waals surface area contributed by atoms with Crippen LogP contribution in [0.5, 0.6) is 11.5 Å². The Balaban J connectivity index is 1.86. The van der Waals surface area contributed by atoms with Gasteiger partial charge in [-0.15, -0.1) is 0 Å². The number of benzene rings is 3. The Kier molecular flexibility index (Phi) is 9.01. The van der Waals surface area contributed by atoms with E-state index in [1.54, 1.807) is 44.4 Å². The highest BCUT2D eigenvalue weighted by Gasteiger charge is 2.37. The monoisotopic (exact) mass is 666 g/mol. The van der Waals surface area contributed by atoms with Gasteiger partial charge in [0.05, 0.1) is 35.6 Å². The molecule has 1 aromatic heterocycles. The smallest absolute Gasteiger partial charge is 0.338 e. The molecule has 2 heterocycles. The maximum Gasteiger partial charge on any atom is 0.338 e. The standard InChI is InChI=1S/C32H28BrClN2O5S/c1-5-40-31(38)27-28(19-9-7-6-8-10-19)35-32-36(29(27)23-17-21(33)11-13-25(23)39-4)30(37)26(42-32)16-20-15-22(34)12-14-24(20)41-18(2)3/h6-18,29H,5H2,1-4H3/b26-16-/t29-/m0/s1. The fourth-order valence-corrected chi connectivity index (χ4v) is 6.34. The van der Waals surface area contributed by atoms with Crippen molar-refractivity contribution >= 4 is 56.6 Å². The number of carbonyl (C=O) groups excluding carboxylic acids is 1. The summed E-state index contributed by atoms with van der Waals surface area (Å²) in [5, 5.41) is 0.512. The van der Waals surface area contributed by atoms with Crippen molar-refractivity contribution in [3.05, 3.63) is 118 Å². The first-order valence-corrected chi connectivity index (χ1v) is 15.3. The van der Waals surface area contributed by atoms with Crippen molar-refractivity contribution in [3.63, 3.8) is 0 Å². The van der Waals surface area contributed by atoms with Crippen molar-refractivity contribution in [2.24, 2.45) is 4.99 Å². The average molecular weight is 668 g/mol. The van der Waals surface area contributed by atoms with E-state index in [9.17, 15) is 9.59 Å². The molecule has 42 heavy (non-hydrogen) atoms. The molecule has 5 rings (SSSR count). The molecule has 0 fully saturated rings. The molecule has 3 aromatic carbocycles. The Labute approximate surface area is 260 Å². The van der Waals surface area contributed by atoms with E-state index in [-0.39, 0.29) is 23.8 Å². The van der Waals surface area contributed by atoms with Gasteiger partial charge in [-0.3, -0.25) is 9.36 Å². The summed E-state index contributed by atoms with van der Waals surface area (Å²) in [5.74, 6) is 0.544. The maximum absolute atomic E-state index is 14.3. The van der Waals surface area contributed by atoms with Gasteiger partial charge in [-0.05, 0) is 63.2 Å². The molecular formula is C32H28BrClN2O5S. The molecule has 0 spiro atoms. The Bertz CT molecular complexity index is 1860. The summed E-state index contributed by atoms with van der Waals surface area (Å²) >= 11 is 11.1. The zero-order valence-electron chi connectivity index (χ0n) is 23.4. The van der Waals surface area contributed by atoms with Crippen LogP contribution in [0.1, 0.15) is 43.5 Å². The number of methoxy groups -OCH3 is 1. The zero-order chi connectivity index (χ0) is 30.0. The Hall–Kier alpha value is -3.66. The van der Waals surface area contributed by atoms with Gasteiger partial charge in [-0.25, -0.2) is 9.79 Å². The van der Waals surface area contributed by atoms with Crippen LogP contribution in [0.25, 0.3) is 11.8 Å². The molecule has 216 valence electrons. The third-order valence-electron chi connectivity index (χ3n) is 6.48. The van der Waals surface area contributed by atoms with Gasteiger partial charge in [0.25, 0.3) is 5.56 Å². The summed E-state index contributed by atoms with van der Waals surface area (Å²) in [6.07, 6.45) is 1.67. The largest absolute Gasteiger partial charge is 0.496 e. The van der Waals surface area contributed by atoms with Gasteiger partial charge in [0.15, 0.2) is 4.80 Å². The third-order valence-corrected chi connectivity index (χ3v) is 8.19. The van der Waals surface area contributed by atoms with Gasteiger partial charge in [-0.1, -0.05) is 69.2 Å². The molecule has 0 unspecified atom stereocenters. The van der Waals surface area contributed by atoms with E-state index in [0.29, 0.717) is 42.7 Å². The summed E-state index contributed by atoms with van der Waals surface area (Å²) in [4.78, 5) is 33.3. The summed E-state index contributed by atoms with van der Waals surface area (Å²) in [5.41, 5.74) is 2.34. The SMILES string of the molecule is CCOC(=O)C1=C(c2ccccc2)N=c2s/c(=C\c3cc(Cl)ccc3OC(C)C)c(=O)n2[C@H]1c1cc(Br)ccc1OC. The lowest BCUT2D eigenvalue weighted by Gasteiger charge is -2.27. The van der Waals surface area contributed by atoms with E-state index in [4.69, 9.17) is 30.8 Å². The van der Waals surface area contributed by atoms with E-state index in [1.807, 2.05) is 56.3 Å². The molecule has 1 atom stereocenters. The Morgan fingerprint density at radius 2 is 1.86 bits per heavy atom. The van der Waals surface area contributed by atoms with Crippen molar-refractivity contribution in [1.82, 2.24) is 4.57 Å². The lowest BCUT2D eigenvalue weighted by molar-refractivity contribution is -0.138. The van der Waals surface area contributed by atoms with Crippen LogP contribution in [-0.2, 0) is 9.53 Å². The molecule has 0 bridgehead atoms. The minimum atomic E-state index is -0.879. The first kappa shape index (κ1) is 29.8. The summed E-state index contributed by atoms with van der Waals surface area (Å²) in [7, 11) is 1.55. The number of aromatic nitrogens is 1. The number of fused-ring (bicyclic) bond motifs is 1. The normalized spacial score (nSPS) is 14.9. The number of carbonyl (C=O) groups is 1. The number of rotatable bonds is 8. The van der Waals surface area contributed by atoms with Crippen molar-refractivity contribution in [3.8, 4) is 11.5 Å². The first-order valence-electron chi connectivity index (χ1n) is 13.3. The van der Waals surface area contributed by atoms with Crippen molar-refractivity contribution in [2.45, 2.75) is 32.9 Å². The van der Waals surface area contributed by atoms with E-state index in [1.165, 1.54) is 15.9 Å². The number of thiazole rings is 1. The average Bonchev–Trinajstić information content (AvgIpc) is 3.28. The van der Waals surface area contributed by atoms with Crippen LogP contribution in [0.15, 0.2) is 86.6 Å². The Morgan fingerprint density at radius 3 is 2.55 bits per heavy atom. The fraction of sp³-hybridized carbons (Fsp3) is 0.219. The van der Waals surface area contributed by atoms with Crippen LogP contribution in [0.2, 0.25) is 5.02 Å². The summed E-state index contributed by atoms with van der Waals surface area (Å²) < 4.78 is 20.0. The number of esters is 1. The highest BCUT2D eigenvalue weighted by Crippen LogP contribution is 2.40. The molecular weight excluding hydrogens is 640 g/mol. The van der Waals surface area contributed by atoms with E-state index >= 15 is 0 Å². The number of hydrogen-bond donors (Lipinski definition) is 0. The lowest BCUT2D eigenvalue weighted by atomic mass is 9.92. The minimum absolute atomic E-state index is 0.0795. The van der Waals surface area contributed by atoms with Crippen LogP contribution in [-0.4, -0.2) is 30.4 Å². The molecule has 1 aliphatic heterocycles. The topological polar surface area (TPSA) is 79.1 Å². The van der Waals surface area contributed by atoms with Gasteiger partial charge in [0, 0.05) is 26.2 Å². The number of halogens is 2. The maximum atomic E-state index is 14.3. The highest BCUT2D eigenvalue weighted by molar-refractivity contribution is 9.10. The van der Waals surface area contributed by atoms with Crippen LogP contribution < -0.4 is 24.4 Å². The molecule has 0 saturated carbocycles. The van der Waals surface area contributed by atoms with Crippen LogP contribution in [0, 0.1) is 0 Å². The molecule has 10 heteroatoms. The number of hydrogen-bond acceptors (Lipinski definition) is 7. The molecule has 7 nitrogen and oxygen atoms in total. The van der Waals surface area contributed by atoms with Crippen molar-refractivity contribution in [1.29, 1.82) is 0 Å². The molecule has 0 radical (unpaired) electrons. The minimum Gasteiger partial charge on any atom is -0.496 e. The lowest BCUT2D eigenvalue weighted by Crippen LogP contribution is -2.40. The van der Waals surface area contributed by atoms with Gasteiger partial charge in [0.2, 0.25) is 0 Å². The molecule has 1 aliphatic rings. The number of ether oxygens (including phenoxy) is 3. The van der Waals surface area contributed by atoms with E-state index in [2.05, 4.69) is 15.9 Å². The van der Waals surface area contributed by atoms with Gasteiger partial charge < -0.3 is 14.2 Å². The second kappa shape index (κ2) is 12.7. The van der Waals surface area contributed by atoms with Crippen molar-refractivity contribution < 1.29 is 19.0 Å². The zero-order valence-corrected chi connectivity index (χ0v) is 26.5. The van der Waals surface area contributed by atoms with E-state index in [0.717, 1.165) is 10.0 Å². The number of nitrogens with zero attached hydrogens (tertiary/aromatic N) is 2. The quantitative estimate of drug-likeness (QED) is 0.211. The molecule has 0 saturated heterocycles. The molecule has 4 aromatic rings. The second-order valence-corrected chi connectivity index (χ2v) is 12.0. The van der Waals surface area contributed by atoms with Crippen molar-refractivity contribution in [2.75, 3.05) is 13.7 Å². The molecule has 0 aliphatic carbocycles. The first-order chi connectivity index (χ1) is 20.2. The van der Waals surface area contributed by atoms with Gasteiger partial charge in [-0.2, -0.15) is 0 Å².